The van der Waals surface area contributed by atoms with Gasteiger partial charge in [-0.3, -0.25) is 4.98 Å². The number of alkyl halides is 3. The van der Waals surface area contributed by atoms with Crippen molar-refractivity contribution in [3.8, 4) is 22.9 Å². The first-order valence-electron chi connectivity index (χ1n) is 11.9. The number of rotatable bonds is 2. The van der Waals surface area contributed by atoms with Crippen LogP contribution in [0.15, 0.2) is 30.9 Å². The summed E-state index contributed by atoms with van der Waals surface area (Å²) in [5.74, 6) is 0.766. The summed E-state index contributed by atoms with van der Waals surface area (Å²) in [4.78, 5) is 27.7. The predicted octanol–water partition coefficient (Wildman–Crippen LogP) is 4.78. The second-order valence-corrected chi connectivity index (χ2v) is 8.60. The lowest BCUT2D eigenvalue weighted by Crippen LogP contribution is -2.51. The average Bonchev–Trinajstić information content (AvgIpc) is 3.33. The molecule has 2 atom stereocenters. The van der Waals surface area contributed by atoms with E-state index in [1.807, 2.05) is 0 Å². The number of halogens is 3. The van der Waals surface area contributed by atoms with Crippen molar-refractivity contribution >= 4 is 11.7 Å². The van der Waals surface area contributed by atoms with Gasteiger partial charge in [-0.2, -0.15) is 13.2 Å². The molecule has 3 aromatic rings. The van der Waals surface area contributed by atoms with Gasteiger partial charge in [-0.25, -0.2) is 14.8 Å². The van der Waals surface area contributed by atoms with Crippen LogP contribution in [0.5, 0.6) is 11.6 Å². The first-order chi connectivity index (χ1) is 17.2. The largest absolute Gasteiger partial charge is 0.494 e. The number of methoxy groups -OCH3 is 1. The third-order valence-electron chi connectivity index (χ3n) is 6.29. The number of carbonyl (C=O) groups excluding carboxylic acids is 1. The van der Waals surface area contributed by atoms with Crippen molar-refractivity contribution in [1.29, 1.82) is 0 Å². The zero-order chi connectivity index (χ0) is 25.9. The van der Waals surface area contributed by atoms with Crippen molar-refractivity contribution in [2.45, 2.75) is 57.8 Å². The lowest BCUT2D eigenvalue weighted by atomic mass is 10.1. The summed E-state index contributed by atoms with van der Waals surface area (Å²) >= 11 is 0. The van der Waals surface area contributed by atoms with Crippen LogP contribution in [0.4, 0.5) is 18.0 Å². The molecule has 1 N–H and O–H groups in total. The van der Waals surface area contributed by atoms with Crippen LogP contribution in [0.1, 0.15) is 51.3 Å². The SMILES string of the molecule is CCN1C(=O)N[C@@H](C(F)(F)F)CCCCCOc2nc(cn3ccnc23)-c2cc(ncc2OC)[C@H]1C. The van der Waals surface area contributed by atoms with Crippen molar-refractivity contribution in [2.75, 3.05) is 20.3 Å². The molecule has 0 saturated carbocycles. The fourth-order valence-corrected chi connectivity index (χ4v) is 4.28. The fourth-order valence-electron chi connectivity index (χ4n) is 4.28. The Labute approximate surface area is 206 Å². The van der Waals surface area contributed by atoms with Crippen LogP contribution < -0.4 is 14.8 Å². The number of imidazole rings is 1. The van der Waals surface area contributed by atoms with Gasteiger partial charge in [-0.15, -0.1) is 0 Å². The molecule has 0 fully saturated rings. The Morgan fingerprint density at radius 3 is 2.78 bits per heavy atom. The Hall–Kier alpha value is -3.57. The standard InChI is InChI=1S/C24H29F3N6O3/c1-4-33-15(2)17-12-16(19(35-3)13-29-17)18-14-32-10-9-28-21(32)22(30-18)36-11-7-5-6-8-20(24(25,26)27)31-23(33)34/h9-10,12-15,20H,4-8,11H2,1-3H3,(H,31,34)/t15-,20-/m1/s1. The van der Waals surface area contributed by atoms with Crippen molar-refractivity contribution in [2.24, 2.45) is 0 Å². The van der Waals surface area contributed by atoms with Gasteiger partial charge in [-0.1, -0.05) is 6.42 Å². The first-order valence-corrected chi connectivity index (χ1v) is 11.9. The van der Waals surface area contributed by atoms with Crippen molar-refractivity contribution in [3.05, 3.63) is 36.5 Å². The van der Waals surface area contributed by atoms with E-state index in [9.17, 15) is 18.0 Å². The first kappa shape index (κ1) is 25.5. The van der Waals surface area contributed by atoms with Gasteiger partial charge in [0.15, 0.2) is 0 Å². The number of hydrogen-bond donors (Lipinski definition) is 1. The van der Waals surface area contributed by atoms with Gasteiger partial charge >= 0.3 is 12.2 Å². The highest BCUT2D eigenvalue weighted by molar-refractivity contribution is 5.75. The van der Waals surface area contributed by atoms with Gasteiger partial charge in [0.05, 0.1) is 37.3 Å². The molecule has 1 aliphatic heterocycles. The molecule has 1 aliphatic rings. The third-order valence-corrected chi connectivity index (χ3v) is 6.29. The summed E-state index contributed by atoms with van der Waals surface area (Å²) in [6.45, 7) is 3.89. The minimum absolute atomic E-state index is 0.192. The Kier molecular flexibility index (Phi) is 7.51. The van der Waals surface area contributed by atoms with Gasteiger partial charge in [0, 0.05) is 30.7 Å². The van der Waals surface area contributed by atoms with E-state index in [0.29, 0.717) is 47.1 Å². The zero-order valence-corrected chi connectivity index (χ0v) is 20.4. The molecule has 0 saturated heterocycles. The number of fused-ring (bicyclic) bond motifs is 7. The van der Waals surface area contributed by atoms with E-state index in [4.69, 9.17) is 9.47 Å². The number of carbonyl (C=O) groups is 1. The number of ether oxygens (including phenoxy) is 2. The molecule has 4 rings (SSSR count). The average molecular weight is 507 g/mol. The molecular weight excluding hydrogens is 477 g/mol. The van der Waals surface area contributed by atoms with E-state index >= 15 is 0 Å². The van der Waals surface area contributed by atoms with E-state index < -0.39 is 24.3 Å². The molecule has 0 aliphatic carbocycles. The maximum absolute atomic E-state index is 13.7. The van der Waals surface area contributed by atoms with Gasteiger partial charge in [0.25, 0.3) is 5.88 Å². The van der Waals surface area contributed by atoms with E-state index in [-0.39, 0.29) is 26.0 Å². The molecule has 4 bridgehead atoms. The zero-order valence-electron chi connectivity index (χ0n) is 20.4. The monoisotopic (exact) mass is 506 g/mol. The summed E-state index contributed by atoms with van der Waals surface area (Å²) in [6, 6.07) is -1.62. The highest BCUT2D eigenvalue weighted by Gasteiger charge is 2.41. The second kappa shape index (κ2) is 10.6. The van der Waals surface area contributed by atoms with Gasteiger partial charge in [0.2, 0.25) is 5.65 Å². The molecule has 0 aromatic carbocycles. The van der Waals surface area contributed by atoms with E-state index in [2.05, 4.69) is 20.3 Å². The highest BCUT2D eigenvalue weighted by Crippen LogP contribution is 2.34. The van der Waals surface area contributed by atoms with Crippen LogP contribution in [0.25, 0.3) is 16.9 Å². The normalized spacial score (nSPS) is 19.9. The quantitative estimate of drug-likeness (QED) is 0.538. The number of pyridine rings is 1. The summed E-state index contributed by atoms with van der Waals surface area (Å²) in [6.07, 6.45) is 3.23. The molecule has 3 aromatic heterocycles. The van der Waals surface area contributed by atoms with Crippen LogP contribution in [0, 0.1) is 0 Å². The predicted molar refractivity (Wildman–Crippen MR) is 126 cm³/mol. The van der Waals surface area contributed by atoms with Gasteiger partial charge < -0.3 is 24.1 Å². The summed E-state index contributed by atoms with van der Waals surface area (Å²) in [5, 5.41) is 2.19. The number of nitrogens with zero attached hydrogens (tertiary/aromatic N) is 5. The van der Waals surface area contributed by atoms with Crippen molar-refractivity contribution < 1.29 is 27.4 Å². The molecule has 12 heteroatoms. The van der Waals surface area contributed by atoms with Crippen LogP contribution in [0.3, 0.4) is 0 Å². The summed E-state index contributed by atoms with van der Waals surface area (Å²) in [5.41, 5.74) is 2.15. The van der Waals surface area contributed by atoms with E-state index in [1.54, 1.807) is 42.9 Å². The molecular formula is C24H29F3N6O3. The van der Waals surface area contributed by atoms with Gasteiger partial charge in [-0.05, 0) is 39.2 Å². The van der Waals surface area contributed by atoms with E-state index in [0.717, 1.165) is 0 Å². The van der Waals surface area contributed by atoms with Crippen LogP contribution >= 0.6 is 0 Å². The molecule has 9 nitrogen and oxygen atoms in total. The van der Waals surface area contributed by atoms with E-state index in [1.165, 1.54) is 18.2 Å². The number of urea groups is 1. The summed E-state index contributed by atoms with van der Waals surface area (Å²) in [7, 11) is 1.51. The lowest BCUT2D eigenvalue weighted by molar-refractivity contribution is -0.155. The maximum Gasteiger partial charge on any atom is 0.408 e. The summed E-state index contributed by atoms with van der Waals surface area (Å²) < 4.78 is 54.3. The molecule has 36 heavy (non-hydrogen) atoms. The van der Waals surface area contributed by atoms with Crippen LogP contribution in [-0.4, -0.2) is 62.8 Å². The minimum atomic E-state index is -4.56. The Balaban J connectivity index is 1.80. The van der Waals surface area contributed by atoms with Gasteiger partial charge in [0.1, 0.15) is 11.8 Å². The maximum atomic E-state index is 13.7. The smallest absolute Gasteiger partial charge is 0.408 e. The molecule has 0 radical (unpaired) electrons. The van der Waals surface area contributed by atoms with Crippen LogP contribution in [-0.2, 0) is 0 Å². The molecule has 194 valence electrons. The molecule has 0 spiro atoms. The molecule has 0 unspecified atom stereocenters. The Morgan fingerprint density at radius 2 is 2.06 bits per heavy atom. The number of aromatic nitrogens is 4. The topological polar surface area (TPSA) is 93.9 Å². The number of nitrogens with one attached hydrogen (secondary N) is 1. The minimum Gasteiger partial charge on any atom is -0.494 e. The van der Waals surface area contributed by atoms with Crippen molar-refractivity contribution in [1.82, 2.24) is 29.6 Å². The highest BCUT2D eigenvalue weighted by atomic mass is 19.4. The lowest BCUT2D eigenvalue weighted by Gasteiger charge is -2.31. The Bertz CT molecular complexity index is 1220. The molecule has 2 amide bonds. The third kappa shape index (κ3) is 5.31. The fraction of sp³-hybridized carbons (Fsp3) is 0.500. The van der Waals surface area contributed by atoms with Crippen molar-refractivity contribution in [3.63, 3.8) is 0 Å². The van der Waals surface area contributed by atoms with Crippen LogP contribution in [0.2, 0.25) is 0 Å². The second-order valence-electron chi connectivity index (χ2n) is 8.60. The molecule has 4 heterocycles. The number of hydrogen-bond acceptors (Lipinski definition) is 6. The number of amides is 2. The Morgan fingerprint density at radius 1 is 1.25 bits per heavy atom.